The minimum Gasteiger partial charge on any atom is -0.423 e. The van der Waals surface area contributed by atoms with Crippen LogP contribution in [0.5, 0.6) is 0 Å². The average molecular weight is 419 g/mol. The highest BCUT2D eigenvalue weighted by Crippen LogP contribution is 2.38. The number of anilines is 1. The molecule has 0 saturated carbocycles. The summed E-state index contributed by atoms with van der Waals surface area (Å²) in [7, 11) is 0. The second-order valence-electron chi connectivity index (χ2n) is 5.53. The molecule has 6 nitrogen and oxygen atoms in total. The van der Waals surface area contributed by atoms with E-state index in [4.69, 9.17) is 16.0 Å². The van der Waals surface area contributed by atoms with E-state index in [-0.39, 0.29) is 0 Å². The Balaban J connectivity index is 1.62. The van der Waals surface area contributed by atoms with Crippen LogP contribution < -0.4 is 5.32 Å². The summed E-state index contributed by atoms with van der Waals surface area (Å²) in [6.45, 7) is 0. The molecule has 0 saturated heterocycles. The van der Waals surface area contributed by atoms with Gasteiger partial charge in [-0.3, -0.25) is 9.78 Å². The maximum atomic E-state index is 13.7. The van der Waals surface area contributed by atoms with Crippen LogP contribution in [0.1, 0.15) is 10.4 Å². The van der Waals surface area contributed by atoms with Gasteiger partial charge in [0.15, 0.2) is 11.6 Å². The molecule has 1 N–H and O–H groups in total. The second kappa shape index (κ2) is 7.45. The molecule has 0 bridgehead atoms. The molecule has 0 aliphatic rings. The highest BCUT2D eigenvalue weighted by Gasteiger charge is 2.19. The van der Waals surface area contributed by atoms with Crippen LogP contribution in [0.4, 0.5) is 13.8 Å². The van der Waals surface area contributed by atoms with E-state index in [1.165, 1.54) is 17.7 Å². The van der Waals surface area contributed by atoms with Gasteiger partial charge in [-0.15, -0.1) is 21.5 Å². The monoisotopic (exact) mass is 418 g/mol. The molecule has 0 atom stereocenters. The van der Waals surface area contributed by atoms with Gasteiger partial charge in [-0.2, -0.15) is 0 Å². The van der Waals surface area contributed by atoms with Crippen molar-refractivity contribution in [2.75, 3.05) is 5.32 Å². The predicted octanol–water partition coefficient (Wildman–Crippen LogP) is 5.04. The third-order valence-corrected chi connectivity index (χ3v) is 5.13. The van der Waals surface area contributed by atoms with Crippen molar-refractivity contribution in [2.24, 2.45) is 0 Å². The molecule has 3 aromatic heterocycles. The fourth-order valence-electron chi connectivity index (χ4n) is 2.50. The molecule has 0 radical (unpaired) electrons. The van der Waals surface area contributed by atoms with E-state index < -0.39 is 23.1 Å². The fraction of sp³-hybridized carbons (Fsp3) is 0. The van der Waals surface area contributed by atoms with Gasteiger partial charge in [0.2, 0.25) is 12.3 Å². The maximum absolute atomic E-state index is 13.7. The van der Waals surface area contributed by atoms with E-state index in [1.807, 2.05) is 0 Å². The molecular weight excluding hydrogens is 410 g/mol. The minimum absolute atomic E-state index is 0.339. The summed E-state index contributed by atoms with van der Waals surface area (Å²) in [6.07, 6.45) is 2.78. The first-order valence-electron chi connectivity index (χ1n) is 7.79. The lowest BCUT2D eigenvalue weighted by Crippen LogP contribution is -2.15. The molecule has 0 spiro atoms. The van der Waals surface area contributed by atoms with Crippen molar-refractivity contribution in [3.05, 3.63) is 71.3 Å². The van der Waals surface area contributed by atoms with Crippen molar-refractivity contribution in [1.29, 1.82) is 0 Å². The van der Waals surface area contributed by atoms with E-state index >= 15 is 0 Å². The number of rotatable bonds is 4. The molecular formula is C18H9ClF2N4O2S. The molecule has 1 aromatic carbocycles. The van der Waals surface area contributed by atoms with Gasteiger partial charge >= 0.3 is 0 Å². The lowest BCUT2D eigenvalue weighted by Gasteiger charge is -2.05. The lowest BCUT2D eigenvalue weighted by molar-refractivity contribution is 0.101. The van der Waals surface area contributed by atoms with Gasteiger partial charge in [0.25, 0.3) is 5.91 Å². The van der Waals surface area contributed by atoms with Crippen molar-refractivity contribution in [1.82, 2.24) is 15.2 Å². The standard InChI is InChI=1S/C18H9ClF2N4O2S/c19-11-2-1-9(18-25-23-8-27-18)5-10(11)14-3-4-15(28-14)24-17(26)16-12(20)6-22-7-13(16)21/h1-8H,(H,24,26). The second-order valence-corrected chi connectivity index (χ2v) is 7.03. The summed E-state index contributed by atoms with van der Waals surface area (Å²) in [5, 5.41) is 10.9. The number of aromatic nitrogens is 3. The van der Waals surface area contributed by atoms with Crippen molar-refractivity contribution in [3.63, 3.8) is 0 Å². The third kappa shape index (κ3) is 3.49. The van der Waals surface area contributed by atoms with Gasteiger partial charge < -0.3 is 9.73 Å². The summed E-state index contributed by atoms with van der Waals surface area (Å²) in [5.41, 5.74) is 0.669. The summed E-state index contributed by atoms with van der Waals surface area (Å²) in [4.78, 5) is 16.3. The Morgan fingerprint density at radius 1 is 1.14 bits per heavy atom. The number of thiophene rings is 1. The van der Waals surface area contributed by atoms with Crippen molar-refractivity contribution in [2.45, 2.75) is 0 Å². The Morgan fingerprint density at radius 3 is 2.64 bits per heavy atom. The van der Waals surface area contributed by atoms with Crippen LogP contribution in [-0.2, 0) is 0 Å². The number of amides is 1. The number of carbonyl (C=O) groups is 1. The van der Waals surface area contributed by atoms with Crippen LogP contribution in [0.15, 0.2) is 53.5 Å². The van der Waals surface area contributed by atoms with Crippen LogP contribution in [0, 0.1) is 11.6 Å². The zero-order chi connectivity index (χ0) is 19.7. The van der Waals surface area contributed by atoms with Gasteiger partial charge in [-0.05, 0) is 30.3 Å². The van der Waals surface area contributed by atoms with Crippen molar-refractivity contribution >= 4 is 33.8 Å². The summed E-state index contributed by atoms with van der Waals surface area (Å²) in [6, 6.07) is 8.55. The molecule has 0 aliphatic carbocycles. The van der Waals surface area contributed by atoms with E-state index in [2.05, 4.69) is 20.5 Å². The normalized spacial score (nSPS) is 10.8. The number of pyridine rings is 1. The van der Waals surface area contributed by atoms with Gasteiger partial charge in [0.1, 0.15) is 5.56 Å². The number of halogens is 3. The quantitative estimate of drug-likeness (QED) is 0.502. The minimum atomic E-state index is -1.04. The fourth-order valence-corrected chi connectivity index (χ4v) is 3.71. The molecule has 1 amide bonds. The van der Waals surface area contributed by atoms with Gasteiger partial charge in [-0.1, -0.05) is 11.6 Å². The maximum Gasteiger partial charge on any atom is 0.262 e. The summed E-state index contributed by atoms with van der Waals surface area (Å²) < 4.78 is 32.6. The Hall–Kier alpha value is -3.17. The topological polar surface area (TPSA) is 80.9 Å². The molecule has 140 valence electrons. The first-order chi connectivity index (χ1) is 13.5. The molecule has 0 fully saturated rings. The van der Waals surface area contributed by atoms with Crippen LogP contribution in [0.3, 0.4) is 0 Å². The van der Waals surface area contributed by atoms with Crippen molar-refractivity contribution in [3.8, 4) is 21.9 Å². The average Bonchev–Trinajstić information content (AvgIpc) is 3.34. The van der Waals surface area contributed by atoms with E-state index in [9.17, 15) is 13.6 Å². The third-order valence-electron chi connectivity index (χ3n) is 3.76. The zero-order valence-corrected chi connectivity index (χ0v) is 15.4. The largest absolute Gasteiger partial charge is 0.423 e. The Kier molecular flexibility index (Phi) is 4.84. The first-order valence-corrected chi connectivity index (χ1v) is 8.99. The first kappa shape index (κ1) is 18.2. The summed E-state index contributed by atoms with van der Waals surface area (Å²) >= 11 is 7.49. The zero-order valence-electron chi connectivity index (χ0n) is 13.8. The Labute approximate surface area is 165 Å². The smallest absolute Gasteiger partial charge is 0.262 e. The molecule has 0 aliphatic heterocycles. The number of benzene rings is 1. The van der Waals surface area contributed by atoms with E-state index in [0.29, 0.717) is 27.0 Å². The number of hydrogen-bond donors (Lipinski definition) is 1. The lowest BCUT2D eigenvalue weighted by atomic mass is 10.1. The highest BCUT2D eigenvalue weighted by molar-refractivity contribution is 7.19. The van der Waals surface area contributed by atoms with Crippen LogP contribution >= 0.6 is 22.9 Å². The Bertz CT molecular complexity index is 1140. The molecule has 4 rings (SSSR count). The highest BCUT2D eigenvalue weighted by atomic mass is 35.5. The molecule has 10 heteroatoms. The predicted molar refractivity (Wildman–Crippen MR) is 100 cm³/mol. The summed E-state index contributed by atoms with van der Waals surface area (Å²) in [5.74, 6) is -2.64. The molecule has 4 aromatic rings. The Morgan fingerprint density at radius 2 is 1.93 bits per heavy atom. The molecule has 28 heavy (non-hydrogen) atoms. The van der Waals surface area contributed by atoms with E-state index in [0.717, 1.165) is 17.3 Å². The van der Waals surface area contributed by atoms with Crippen molar-refractivity contribution < 1.29 is 18.0 Å². The number of nitrogens with zero attached hydrogens (tertiary/aromatic N) is 3. The molecule has 0 unspecified atom stereocenters. The van der Waals surface area contributed by atoms with E-state index in [1.54, 1.807) is 30.3 Å². The van der Waals surface area contributed by atoms with Crippen LogP contribution in [-0.4, -0.2) is 21.1 Å². The number of nitrogens with one attached hydrogen (secondary N) is 1. The van der Waals surface area contributed by atoms with Crippen LogP contribution in [0.25, 0.3) is 21.9 Å². The number of carbonyl (C=O) groups excluding carboxylic acids is 1. The number of hydrogen-bond acceptors (Lipinski definition) is 6. The molecule has 3 heterocycles. The van der Waals surface area contributed by atoms with Crippen LogP contribution in [0.2, 0.25) is 5.02 Å². The van der Waals surface area contributed by atoms with Gasteiger partial charge in [-0.25, -0.2) is 8.78 Å². The SMILES string of the molecule is O=C(Nc1ccc(-c2cc(-c3nnco3)ccc2Cl)s1)c1c(F)cncc1F. The van der Waals surface area contributed by atoms with Gasteiger partial charge in [0, 0.05) is 21.0 Å². The van der Waals surface area contributed by atoms with Gasteiger partial charge in [0.05, 0.1) is 17.4 Å².